The summed E-state index contributed by atoms with van der Waals surface area (Å²) in [5.41, 5.74) is 2.35. The highest BCUT2D eigenvalue weighted by Crippen LogP contribution is 2.36. The highest BCUT2D eigenvalue weighted by molar-refractivity contribution is 5.93. The van der Waals surface area contributed by atoms with Gasteiger partial charge < -0.3 is 19.0 Å². The van der Waals surface area contributed by atoms with Crippen LogP contribution in [0.3, 0.4) is 0 Å². The lowest BCUT2D eigenvalue weighted by molar-refractivity contribution is 0.218. The van der Waals surface area contributed by atoms with E-state index in [0.717, 1.165) is 48.8 Å². The molecule has 0 unspecified atom stereocenters. The number of hydrogen-bond acceptors (Lipinski definition) is 6. The molecule has 1 aliphatic heterocycles. The molecule has 7 nitrogen and oxygen atoms in total. The van der Waals surface area contributed by atoms with Crippen molar-refractivity contribution in [1.82, 2.24) is 19.8 Å². The average molecular weight is 431 g/mol. The number of pyridine rings is 2. The largest absolute Gasteiger partial charge is 0.491 e. The number of nitrogens with zero attached hydrogens (tertiary/aromatic N) is 3. The molecule has 2 aliphatic rings. The van der Waals surface area contributed by atoms with Gasteiger partial charge in [0.05, 0.1) is 24.7 Å². The first kappa shape index (κ1) is 20.9. The zero-order valence-electron chi connectivity index (χ0n) is 17.1. The summed E-state index contributed by atoms with van der Waals surface area (Å²) < 4.78 is 13.9. The van der Waals surface area contributed by atoms with Gasteiger partial charge in [-0.2, -0.15) is 0 Å². The van der Waals surface area contributed by atoms with E-state index in [2.05, 4.69) is 15.2 Å². The SMILES string of the molecule is Cl.Cn1cc(-c2ccncc2OCC2CC2)c2oc(CN3CCNCC3)cc2c1=O. The summed E-state index contributed by atoms with van der Waals surface area (Å²) in [7, 11) is 1.78. The van der Waals surface area contributed by atoms with E-state index in [0.29, 0.717) is 30.0 Å². The summed E-state index contributed by atoms with van der Waals surface area (Å²) in [5.74, 6) is 2.21. The highest BCUT2D eigenvalue weighted by Gasteiger charge is 2.24. The van der Waals surface area contributed by atoms with Gasteiger partial charge in [0.15, 0.2) is 0 Å². The predicted octanol–water partition coefficient (Wildman–Crippen LogP) is 2.81. The molecule has 3 aromatic rings. The molecule has 0 amide bonds. The highest BCUT2D eigenvalue weighted by atomic mass is 35.5. The van der Waals surface area contributed by atoms with E-state index in [1.165, 1.54) is 12.8 Å². The predicted molar refractivity (Wildman–Crippen MR) is 118 cm³/mol. The van der Waals surface area contributed by atoms with Crippen LogP contribution in [-0.2, 0) is 13.6 Å². The number of furan rings is 1. The number of hydrogen-bond donors (Lipinski definition) is 1. The first-order valence-electron chi connectivity index (χ1n) is 10.3. The van der Waals surface area contributed by atoms with Crippen molar-refractivity contribution < 1.29 is 9.15 Å². The van der Waals surface area contributed by atoms with Crippen molar-refractivity contribution in [3.8, 4) is 16.9 Å². The molecule has 0 bridgehead atoms. The van der Waals surface area contributed by atoms with Gasteiger partial charge in [0.1, 0.15) is 17.1 Å². The van der Waals surface area contributed by atoms with E-state index >= 15 is 0 Å². The fourth-order valence-electron chi connectivity index (χ4n) is 3.87. The van der Waals surface area contributed by atoms with E-state index in [-0.39, 0.29) is 18.0 Å². The number of rotatable bonds is 6. The Morgan fingerprint density at radius 3 is 2.83 bits per heavy atom. The van der Waals surface area contributed by atoms with Gasteiger partial charge in [0.25, 0.3) is 5.56 Å². The van der Waals surface area contributed by atoms with Crippen LogP contribution < -0.4 is 15.6 Å². The van der Waals surface area contributed by atoms with Crippen LogP contribution in [0.1, 0.15) is 18.6 Å². The van der Waals surface area contributed by atoms with Gasteiger partial charge in [-0.1, -0.05) is 0 Å². The van der Waals surface area contributed by atoms with Gasteiger partial charge in [-0.3, -0.25) is 14.7 Å². The number of aryl methyl sites for hydroxylation is 1. The Hall–Kier alpha value is -2.35. The van der Waals surface area contributed by atoms with Gasteiger partial charge in [-0.15, -0.1) is 12.4 Å². The van der Waals surface area contributed by atoms with Crippen LogP contribution >= 0.6 is 12.4 Å². The van der Waals surface area contributed by atoms with Crippen molar-refractivity contribution >= 4 is 23.4 Å². The minimum atomic E-state index is -0.0476. The second-order valence-electron chi connectivity index (χ2n) is 8.07. The normalized spacial score (nSPS) is 17.1. The molecule has 1 N–H and O–H groups in total. The molecule has 4 heterocycles. The van der Waals surface area contributed by atoms with Crippen molar-refractivity contribution in [2.24, 2.45) is 13.0 Å². The molecular weight excluding hydrogens is 404 g/mol. The molecule has 1 saturated carbocycles. The van der Waals surface area contributed by atoms with Crippen molar-refractivity contribution in [2.45, 2.75) is 19.4 Å². The molecule has 8 heteroatoms. The molecule has 0 atom stereocenters. The van der Waals surface area contributed by atoms with E-state index < -0.39 is 0 Å². The van der Waals surface area contributed by atoms with E-state index in [1.807, 2.05) is 18.3 Å². The Morgan fingerprint density at radius 2 is 2.07 bits per heavy atom. The van der Waals surface area contributed by atoms with Crippen LogP contribution in [-0.4, -0.2) is 47.2 Å². The summed E-state index contributed by atoms with van der Waals surface area (Å²) in [6.45, 7) is 5.33. The Bertz CT molecular complexity index is 1080. The quantitative estimate of drug-likeness (QED) is 0.648. The standard InChI is InChI=1S/C22H26N4O3.ClH/c1-25-13-19(17-4-5-24-11-20(17)28-14-15-2-3-15)21-18(22(25)27)10-16(29-21)12-26-8-6-23-7-9-26;/h4-5,10-11,13,15,23H,2-3,6-9,12,14H2,1H3;1H. The lowest BCUT2D eigenvalue weighted by atomic mass is 10.1. The van der Waals surface area contributed by atoms with Crippen molar-refractivity contribution in [2.75, 3.05) is 32.8 Å². The number of aromatic nitrogens is 2. The summed E-state index contributed by atoms with van der Waals surface area (Å²) in [5, 5.41) is 3.97. The molecule has 1 saturated heterocycles. The van der Waals surface area contributed by atoms with E-state index in [4.69, 9.17) is 9.15 Å². The Kier molecular flexibility index (Phi) is 6.13. The Morgan fingerprint density at radius 1 is 1.27 bits per heavy atom. The third-order valence-corrected chi connectivity index (χ3v) is 5.74. The zero-order valence-corrected chi connectivity index (χ0v) is 17.9. The van der Waals surface area contributed by atoms with Crippen LogP contribution in [0.2, 0.25) is 0 Å². The molecule has 160 valence electrons. The van der Waals surface area contributed by atoms with Crippen molar-refractivity contribution in [3.63, 3.8) is 0 Å². The summed E-state index contributed by atoms with van der Waals surface area (Å²) in [4.78, 5) is 19.3. The number of halogens is 1. The monoisotopic (exact) mass is 430 g/mol. The zero-order chi connectivity index (χ0) is 19.8. The maximum absolute atomic E-state index is 12.8. The first-order valence-corrected chi connectivity index (χ1v) is 10.3. The summed E-state index contributed by atoms with van der Waals surface area (Å²) in [6.07, 6.45) is 7.79. The number of piperazine rings is 1. The first-order chi connectivity index (χ1) is 14.2. The van der Waals surface area contributed by atoms with E-state index in [1.54, 1.807) is 24.0 Å². The van der Waals surface area contributed by atoms with Gasteiger partial charge in [-0.25, -0.2) is 0 Å². The molecule has 0 aromatic carbocycles. The lowest BCUT2D eigenvalue weighted by Crippen LogP contribution is -2.42. The van der Waals surface area contributed by atoms with Gasteiger partial charge in [0.2, 0.25) is 0 Å². The second kappa shape index (κ2) is 8.79. The fraction of sp³-hybridized carbons (Fsp3) is 0.455. The maximum Gasteiger partial charge on any atom is 0.261 e. The van der Waals surface area contributed by atoms with Gasteiger partial charge in [-0.05, 0) is 30.9 Å². The van der Waals surface area contributed by atoms with Crippen LogP contribution in [0.25, 0.3) is 22.1 Å². The molecule has 5 rings (SSSR count). The second-order valence-corrected chi connectivity index (χ2v) is 8.07. The van der Waals surface area contributed by atoms with Crippen LogP contribution in [0.5, 0.6) is 5.75 Å². The third kappa shape index (κ3) is 4.24. The van der Waals surface area contributed by atoms with Crippen LogP contribution in [0.15, 0.2) is 39.9 Å². The maximum atomic E-state index is 12.8. The molecule has 3 aromatic heterocycles. The average Bonchev–Trinajstić information content (AvgIpc) is 3.48. The minimum absolute atomic E-state index is 0. The Balaban J connectivity index is 0.00000218. The molecule has 1 aliphatic carbocycles. The molecular formula is C22H27ClN4O3. The summed E-state index contributed by atoms with van der Waals surface area (Å²) >= 11 is 0. The number of ether oxygens (including phenoxy) is 1. The molecule has 2 fully saturated rings. The van der Waals surface area contributed by atoms with Crippen LogP contribution in [0, 0.1) is 5.92 Å². The summed E-state index contributed by atoms with van der Waals surface area (Å²) in [6, 6.07) is 3.83. The van der Waals surface area contributed by atoms with Crippen molar-refractivity contribution in [3.05, 3.63) is 46.8 Å². The van der Waals surface area contributed by atoms with Crippen molar-refractivity contribution in [1.29, 1.82) is 0 Å². The van der Waals surface area contributed by atoms with Gasteiger partial charge >= 0.3 is 0 Å². The third-order valence-electron chi connectivity index (χ3n) is 5.74. The smallest absolute Gasteiger partial charge is 0.261 e. The fourth-order valence-corrected chi connectivity index (χ4v) is 3.87. The van der Waals surface area contributed by atoms with Crippen LogP contribution in [0.4, 0.5) is 0 Å². The topological polar surface area (TPSA) is 72.5 Å². The molecule has 0 radical (unpaired) electrons. The number of fused-ring (bicyclic) bond motifs is 1. The molecule has 30 heavy (non-hydrogen) atoms. The Labute approximate surface area is 181 Å². The van der Waals surface area contributed by atoms with Gasteiger partial charge in [0, 0.05) is 56.7 Å². The minimum Gasteiger partial charge on any atom is -0.491 e. The lowest BCUT2D eigenvalue weighted by Gasteiger charge is -2.26. The van der Waals surface area contributed by atoms with E-state index in [9.17, 15) is 4.79 Å². The number of nitrogens with one attached hydrogen (secondary N) is 1. The molecule has 0 spiro atoms.